The van der Waals surface area contributed by atoms with Gasteiger partial charge in [0.15, 0.2) is 0 Å². The molecule has 2 unspecified atom stereocenters. The summed E-state index contributed by atoms with van der Waals surface area (Å²) in [7, 11) is 4.20. The third kappa shape index (κ3) is 2.64. The fourth-order valence-electron chi connectivity index (χ4n) is 2.31. The van der Waals surface area contributed by atoms with Crippen molar-refractivity contribution in [1.82, 2.24) is 25.0 Å². The Bertz CT molecular complexity index is 353. The number of aryl methyl sites for hydroxylation is 1. The number of nitrogens with one attached hydrogen (secondary N) is 1. The molecule has 0 amide bonds. The summed E-state index contributed by atoms with van der Waals surface area (Å²) in [6, 6.07) is 0.753. The summed E-state index contributed by atoms with van der Waals surface area (Å²) in [4.78, 5) is 6.84. The molecule has 0 aromatic carbocycles. The van der Waals surface area contributed by atoms with Crippen molar-refractivity contribution in [3.05, 3.63) is 12.2 Å². The molecule has 0 radical (unpaired) electrons. The zero-order valence-corrected chi connectivity index (χ0v) is 11.6. The average molecular weight is 255 g/mol. The van der Waals surface area contributed by atoms with Crippen LogP contribution in [0, 0.1) is 0 Å². The lowest BCUT2D eigenvalue weighted by Gasteiger charge is -2.37. The third-order valence-electron chi connectivity index (χ3n) is 3.36. The molecule has 1 saturated heterocycles. The van der Waals surface area contributed by atoms with Crippen LogP contribution in [0.15, 0.2) is 6.33 Å². The van der Waals surface area contributed by atoms with E-state index in [0.29, 0.717) is 6.04 Å². The molecule has 1 aromatic rings. The van der Waals surface area contributed by atoms with E-state index in [-0.39, 0.29) is 6.04 Å². The molecule has 1 aliphatic heterocycles. The van der Waals surface area contributed by atoms with E-state index in [1.807, 2.05) is 23.5 Å². The van der Waals surface area contributed by atoms with Gasteiger partial charge in [0.2, 0.25) is 0 Å². The first-order chi connectivity index (χ1) is 8.27. The highest BCUT2D eigenvalue weighted by Gasteiger charge is 2.30. The van der Waals surface area contributed by atoms with Crippen LogP contribution in [0.1, 0.15) is 18.8 Å². The zero-order valence-electron chi connectivity index (χ0n) is 10.8. The number of hydrogen-bond donors (Lipinski definition) is 1. The largest absolute Gasteiger partial charge is 0.309 e. The van der Waals surface area contributed by atoms with Crippen LogP contribution < -0.4 is 5.32 Å². The second kappa shape index (κ2) is 5.84. The van der Waals surface area contributed by atoms with Crippen molar-refractivity contribution < 1.29 is 0 Å². The number of aromatic nitrogens is 3. The standard InChI is InChI=1S/C11H21N5S/c1-4-16-11(13-8-14-16)10(12-2)9-7-17-6-5-15(9)3/h8-10,12H,4-7H2,1-3H3. The van der Waals surface area contributed by atoms with Gasteiger partial charge in [-0.15, -0.1) is 0 Å². The van der Waals surface area contributed by atoms with E-state index in [1.165, 1.54) is 5.75 Å². The highest BCUT2D eigenvalue weighted by Crippen LogP contribution is 2.25. The van der Waals surface area contributed by atoms with E-state index in [4.69, 9.17) is 0 Å². The van der Waals surface area contributed by atoms with Gasteiger partial charge in [-0.05, 0) is 21.0 Å². The first kappa shape index (κ1) is 12.9. The van der Waals surface area contributed by atoms with Gasteiger partial charge < -0.3 is 5.32 Å². The summed E-state index contributed by atoms with van der Waals surface area (Å²) in [5.41, 5.74) is 0. The molecule has 0 aliphatic carbocycles. The van der Waals surface area contributed by atoms with Crippen molar-refractivity contribution in [2.45, 2.75) is 25.6 Å². The van der Waals surface area contributed by atoms with Gasteiger partial charge in [-0.1, -0.05) is 0 Å². The fourth-order valence-corrected chi connectivity index (χ4v) is 3.58. The molecule has 2 heterocycles. The van der Waals surface area contributed by atoms with Crippen LogP contribution in [0.5, 0.6) is 0 Å². The van der Waals surface area contributed by atoms with Crippen molar-refractivity contribution in [1.29, 1.82) is 0 Å². The summed E-state index contributed by atoms with van der Waals surface area (Å²) < 4.78 is 1.98. The van der Waals surface area contributed by atoms with Gasteiger partial charge in [-0.25, -0.2) is 9.67 Å². The van der Waals surface area contributed by atoms with Crippen LogP contribution in [0.4, 0.5) is 0 Å². The second-order valence-corrected chi connectivity index (χ2v) is 5.47. The van der Waals surface area contributed by atoms with E-state index in [2.05, 4.69) is 34.3 Å². The molecule has 2 rings (SSSR count). The molecule has 1 aromatic heterocycles. The van der Waals surface area contributed by atoms with E-state index in [0.717, 1.165) is 24.7 Å². The molecule has 0 spiro atoms. The number of nitrogens with zero attached hydrogens (tertiary/aromatic N) is 4. The molecule has 96 valence electrons. The molecular formula is C11H21N5S. The number of hydrogen-bond acceptors (Lipinski definition) is 5. The highest BCUT2D eigenvalue weighted by molar-refractivity contribution is 7.99. The molecule has 5 nitrogen and oxygen atoms in total. The van der Waals surface area contributed by atoms with Crippen molar-refractivity contribution in [2.75, 3.05) is 32.1 Å². The topological polar surface area (TPSA) is 46.0 Å². The average Bonchev–Trinajstić information content (AvgIpc) is 2.81. The molecule has 2 atom stereocenters. The lowest BCUT2D eigenvalue weighted by molar-refractivity contribution is 0.213. The van der Waals surface area contributed by atoms with Gasteiger partial charge in [0.25, 0.3) is 0 Å². The highest BCUT2D eigenvalue weighted by atomic mass is 32.2. The van der Waals surface area contributed by atoms with Crippen molar-refractivity contribution in [3.8, 4) is 0 Å². The van der Waals surface area contributed by atoms with Crippen LogP contribution >= 0.6 is 11.8 Å². The van der Waals surface area contributed by atoms with E-state index in [9.17, 15) is 0 Å². The lowest BCUT2D eigenvalue weighted by atomic mass is 10.1. The Hall–Kier alpha value is -0.590. The van der Waals surface area contributed by atoms with E-state index < -0.39 is 0 Å². The van der Waals surface area contributed by atoms with Gasteiger partial charge in [0.05, 0.1) is 6.04 Å². The number of rotatable bonds is 4. The molecule has 1 aliphatic rings. The summed E-state index contributed by atoms with van der Waals surface area (Å²) in [5.74, 6) is 3.43. The minimum atomic E-state index is 0.259. The van der Waals surface area contributed by atoms with Crippen LogP contribution in [0.3, 0.4) is 0 Å². The van der Waals surface area contributed by atoms with Crippen LogP contribution in [0.2, 0.25) is 0 Å². The summed E-state index contributed by atoms with van der Waals surface area (Å²) in [5, 5.41) is 7.66. The van der Waals surface area contributed by atoms with Crippen LogP contribution in [-0.4, -0.2) is 57.9 Å². The first-order valence-electron chi connectivity index (χ1n) is 6.10. The predicted octanol–water partition coefficient (Wildman–Crippen LogP) is 0.606. The maximum absolute atomic E-state index is 4.42. The van der Waals surface area contributed by atoms with Crippen LogP contribution in [0.25, 0.3) is 0 Å². The maximum Gasteiger partial charge on any atom is 0.145 e. The number of thioether (sulfide) groups is 1. The molecular weight excluding hydrogens is 234 g/mol. The van der Waals surface area contributed by atoms with Gasteiger partial charge >= 0.3 is 0 Å². The first-order valence-corrected chi connectivity index (χ1v) is 7.26. The van der Waals surface area contributed by atoms with Crippen LogP contribution in [-0.2, 0) is 6.54 Å². The summed E-state index contributed by atoms with van der Waals surface area (Å²) in [6.07, 6.45) is 1.65. The molecule has 0 saturated carbocycles. The minimum Gasteiger partial charge on any atom is -0.309 e. The van der Waals surface area contributed by atoms with Gasteiger partial charge in [-0.3, -0.25) is 4.90 Å². The smallest absolute Gasteiger partial charge is 0.145 e. The maximum atomic E-state index is 4.42. The number of likely N-dealkylation sites (N-methyl/N-ethyl adjacent to an activating group) is 2. The van der Waals surface area contributed by atoms with E-state index >= 15 is 0 Å². The molecule has 6 heteroatoms. The Labute approximate surface area is 107 Å². The van der Waals surface area contributed by atoms with Gasteiger partial charge in [0, 0.05) is 30.6 Å². The SMILES string of the molecule is CCn1ncnc1C(NC)C1CSCCN1C. The summed E-state index contributed by atoms with van der Waals surface area (Å²) in [6.45, 7) is 4.12. The van der Waals surface area contributed by atoms with Crippen molar-refractivity contribution in [3.63, 3.8) is 0 Å². The Morgan fingerprint density at radius 1 is 1.65 bits per heavy atom. The van der Waals surface area contributed by atoms with Gasteiger partial charge in [-0.2, -0.15) is 16.9 Å². The summed E-state index contributed by atoms with van der Waals surface area (Å²) >= 11 is 2.02. The third-order valence-corrected chi connectivity index (χ3v) is 4.41. The molecule has 1 N–H and O–H groups in total. The zero-order chi connectivity index (χ0) is 12.3. The van der Waals surface area contributed by atoms with Crippen molar-refractivity contribution in [2.24, 2.45) is 0 Å². The lowest BCUT2D eigenvalue weighted by Crippen LogP contribution is -2.47. The quantitative estimate of drug-likeness (QED) is 0.854. The normalized spacial score (nSPS) is 23.8. The molecule has 17 heavy (non-hydrogen) atoms. The molecule has 0 bridgehead atoms. The predicted molar refractivity (Wildman–Crippen MR) is 71.2 cm³/mol. The Kier molecular flexibility index (Phi) is 4.42. The second-order valence-electron chi connectivity index (χ2n) is 4.32. The van der Waals surface area contributed by atoms with Gasteiger partial charge in [0.1, 0.15) is 12.2 Å². The Morgan fingerprint density at radius 2 is 2.47 bits per heavy atom. The monoisotopic (exact) mass is 255 g/mol. The molecule has 1 fully saturated rings. The minimum absolute atomic E-state index is 0.259. The van der Waals surface area contributed by atoms with E-state index in [1.54, 1.807) is 6.33 Å². The Balaban J connectivity index is 2.20. The van der Waals surface area contributed by atoms with Crippen molar-refractivity contribution >= 4 is 11.8 Å². The fraction of sp³-hybridized carbons (Fsp3) is 0.818. The Morgan fingerprint density at radius 3 is 3.12 bits per heavy atom.